The van der Waals surface area contributed by atoms with Crippen LogP contribution in [0.15, 0.2) is 30.9 Å². The van der Waals surface area contributed by atoms with Gasteiger partial charge in [0.25, 0.3) is 11.8 Å². The highest BCUT2D eigenvalue weighted by atomic mass is 16.6. The number of hydrogen-bond donors (Lipinski definition) is 0. The van der Waals surface area contributed by atoms with Crippen molar-refractivity contribution in [3.8, 4) is 0 Å². The molecule has 1 aliphatic heterocycles. The summed E-state index contributed by atoms with van der Waals surface area (Å²) in [5.74, 6) is -2.41. The van der Waals surface area contributed by atoms with Crippen LogP contribution in [-0.4, -0.2) is 48.4 Å². The first-order valence-corrected chi connectivity index (χ1v) is 6.80. The molecule has 0 N–H and O–H groups in total. The number of fused-ring (bicyclic) bond motifs is 1. The maximum atomic E-state index is 12.2. The van der Waals surface area contributed by atoms with Crippen molar-refractivity contribution in [3.63, 3.8) is 0 Å². The molecule has 7 nitrogen and oxygen atoms in total. The van der Waals surface area contributed by atoms with Crippen LogP contribution in [-0.2, 0) is 14.3 Å². The van der Waals surface area contributed by atoms with Crippen LogP contribution in [0.25, 0.3) is 0 Å². The van der Waals surface area contributed by atoms with Crippen LogP contribution in [0.2, 0.25) is 0 Å². The predicted octanol–water partition coefficient (Wildman–Crippen LogP) is 1.19. The van der Waals surface area contributed by atoms with Crippen LogP contribution < -0.4 is 0 Å². The normalized spacial score (nSPS) is 14.3. The fourth-order valence-corrected chi connectivity index (χ4v) is 2.16. The molecule has 1 aromatic carbocycles. The van der Waals surface area contributed by atoms with Gasteiger partial charge in [0.1, 0.15) is 0 Å². The second kappa shape index (κ2) is 6.43. The van der Waals surface area contributed by atoms with Gasteiger partial charge < -0.3 is 9.47 Å². The van der Waals surface area contributed by atoms with Crippen molar-refractivity contribution >= 4 is 23.8 Å². The fraction of sp³-hybridized carbons (Fsp3) is 0.250. The average Bonchev–Trinajstić information content (AvgIpc) is 2.78. The lowest BCUT2D eigenvalue weighted by Gasteiger charge is -2.11. The van der Waals surface area contributed by atoms with E-state index in [2.05, 4.69) is 11.3 Å². The molecule has 2 rings (SSSR count). The van der Waals surface area contributed by atoms with Gasteiger partial charge in [0.15, 0.2) is 6.10 Å². The van der Waals surface area contributed by atoms with Gasteiger partial charge in [0, 0.05) is 6.54 Å². The van der Waals surface area contributed by atoms with E-state index in [1.807, 2.05) is 0 Å². The summed E-state index contributed by atoms with van der Waals surface area (Å²) in [5.41, 5.74) is 0.410. The van der Waals surface area contributed by atoms with E-state index in [0.717, 1.165) is 4.90 Å². The summed E-state index contributed by atoms with van der Waals surface area (Å²) in [4.78, 5) is 48.6. The van der Waals surface area contributed by atoms with Gasteiger partial charge in [0.05, 0.1) is 23.8 Å². The number of ether oxygens (including phenoxy) is 2. The number of methoxy groups -OCH3 is 1. The van der Waals surface area contributed by atoms with E-state index < -0.39 is 29.9 Å². The van der Waals surface area contributed by atoms with Crippen molar-refractivity contribution in [1.82, 2.24) is 4.90 Å². The summed E-state index contributed by atoms with van der Waals surface area (Å²) in [5, 5.41) is 0. The third-order valence-corrected chi connectivity index (χ3v) is 3.33. The van der Waals surface area contributed by atoms with Crippen LogP contribution in [0.3, 0.4) is 0 Å². The minimum absolute atomic E-state index is 0.0705. The first-order valence-electron chi connectivity index (χ1n) is 6.80. The summed E-state index contributed by atoms with van der Waals surface area (Å²) in [6.07, 6.45) is 0.366. The summed E-state index contributed by atoms with van der Waals surface area (Å²) in [7, 11) is 1.18. The van der Waals surface area contributed by atoms with E-state index in [4.69, 9.17) is 4.74 Å². The van der Waals surface area contributed by atoms with Crippen molar-refractivity contribution in [1.29, 1.82) is 0 Å². The second-order valence-electron chi connectivity index (χ2n) is 4.84. The number of carbonyl (C=O) groups excluding carboxylic acids is 4. The molecule has 0 fully saturated rings. The molecule has 1 atom stereocenters. The Hall–Kier alpha value is -2.96. The lowest BCUT2D eigenvalue weighted by Crippen LogP contribution is -2.29. The maximum absolute atomic E-state index is 12.2. The second-order valence-corrected chi connectivity index (χ2v) is 4.84. The van der Waals surface area contributed by atoms with Gasteiger partial charge >= 0.3 is 11.9 Å². The van der Waals surface area contributed by atoms with E-state index in [1.165, 1.54) is 38.3 Å². The number of benzene rings is 1. The molecule has 1 aromatic rings. The van der Waals surface area contributed by atoms with Crippen LogP contribution in [0.1, 0.15) is 38.0 Å². The standard InChI is InChI=1S/C16H15NO6/c1-4-7-17-13(18)11-6-5-10(8-12(11)14(17)19)16(21)23-9(2)15(20)22-3/h4-6,8-9H,1,7H2,2-3H3. The van der Waals surface area contributed by atoms with Gasteiger partial charge in [-0.2, -0.15) is 0 Å². The molecule has 1 aliphatic rings. The molecule has 0 bridgehead atoms. The molecule has 1 unspecified atom stereocenters. The third kappa shape index (κ3) is 2.98. The highest BCUT2D eigenvalue weighted by Gasteiger charge is 2.35. The van der Waals surface area contributed by atoms with Crippen LogP contribution >= 0.6 is 0 Å². The average molecular weight is 317 g/mol. The molecule has 0 radical (unpaired) electrons. The maximum Gasteiger partial charge on any atom is 0.346 e. The minimum atomic E-state index is -1.07. The summed E-state index contributed by atoms with van der Waals surface area (Å²) < 4.78 is 9.41. The Balaban J connectivity index is 2.25. The van der Waals surface area contributed by atoms with Gasteiger partial charge in [-0.3, -0.25) is 14.5 Å². The zero-order chi connectivity index (χ0) is 17.1. The zero-order valence-electron chi connectivity index (χ0n) is 12.7. The van der Waals surface area contributed by atoms with E-state index in [-0.39, 0.29) is 23.2 Å². The molecule has 0 saturated heterocycles. The van der Waals surface area contributed by atoms with Crippen molar-refractivity contribution < 1.29 is 28.7 Å². The van der Waals surface area contributed by atoms with Gasteiger partial charge in [-0.1, -0.05) is 6.08 Å². The minimum Gasteiger partial charge on any atom is -0.466 e. The van der Waals surface area contributed by atoms with Gasteiger partial charge in [-0.25, -0.2) is 9.59 Å². The van der Waals surface area contributed by atoms with Crippen LogP contribution in [0.5, 0.6) is 0 Å². The van der Waals surface area contributed by atoms with Gasteiger partial charge in [0.2, 0.25) is 0 Å². The Morgan fingerprint density at radius 2 is 1.91 bits per heavy atom. The molecule has 0 aromatic heterocycles. The monoisotopic (exact) mass is 317 g/mol. The van der Waals surface area contributed by atoms with E-state index in [1.54, 1.807) is 0 Å². The molecule has 1 heterocycles. The number of carbonyl (C=O) groups is 4. The molecule has 120 valence electrons. The van der Waals surface area contributed by atoms with E-state index >= 15 is 0 Å². The Morgan fingerprint density at radius 3 is 2.52 bits per heavy atom. The molecular weight excluding hydrogens is 302 g/mol. The molecule has 0 spiro atoms. The number of rotatable bonds is 5. The van der Waals surface area contributed by atoms with E-state index in [9.17, 15) is 19.2 Å². The number of hydrogen-bond acceptors (Lipinski definition) is 6. The fourth-order valence-electron chi connectivity index (χ4n) is 2.16. The summed E-state index contributed by atoms with van der Waals surface area (Å²) >= 11 is 0. The lowest BCUT2D eigenvalue weighted by atomic mass is 10.1. The number of imide groups is 1. The SMILES string of the molecule is C=CCN1C(=O)c2ccc(C(=O)OC(C)C(=O)OC)cc2C1=O. The predicted molar refractivity (Wildman–Crippen MR) is 78.9 cm³/mol. The van der Waals surface area contributed by atoms with Crippen LogP contribution in [0, 0.1) is 0 Å². The quantitative estimate of drug-likeness (QED) is 0.460. The van der Waals surface area contributed by atoms with Gasteiger partial charge in [-0.15, -0.1) is 6.58 Å². The molecule has 2 amide bonds. The number of amides is 2. The number of esters is 2. The largest absolute Gasteiger partial charge is 0.466 e. The van der Waals surface area contributed by atoms with Crippen molar-refractivity contribution in [2.45, 2.75) is 13.0 Å². The summed E-state index contributed by atoms with van der Waals surface area (Å²) in [6, 6.07) is 4.04. The first-order chi connectivity index (χ1) is 10.9. The van der Waals surface area contributed by atoms with Gasteiger partial charge in [-0.05, 0) is 25.1 Å². The third-order valence-electron chi connectivity index (χ3n) is 3.33. The molecule has 23 heavy (non-hydrogen) atoms. The highest BCUT2D eigenvalue weighted by Crippen LogP contribution is 2.24. The topological polar surface area (TPSA) is 90.0 Å². The Bertz CT molecular complexity index is 709. The van der Waals surface area contributed by atoms with E-state index in [0.29, 0.717) is 0 Å². The Morgan fingerprint density at radius 1 is 1.26 bits per heavy atom. The molecule has 0 aliphatic carbocycles. The molecule has 7 heteroatoms. The Kier molecular flexibility index (Phi) is 4.59. The van der Waals surface area contributed by atoms with Crippen molar-refractivity contribution in [2.75, 3.05) is 13.7 Å². The molecular formula is C16H15NO6. The highest BCUT2D eigenvalue weighted by molar-refractivity contribution is 6.22. The molecule has 0 saturated carbocycles. The van der Waals surface area contributed by atoms with Crippen molar-refractivity contribution in [2.24, 2.45) is 0 Å². The van der Waals surface area contributed by atoms with Crippen LogP contribution in [0.4, 0.5) is 0 Å². The lowest BCUT2D eigenvalue weighted by molar-refractivity contribution is -0.149. The summed E-state index contributed by atoms with van der Waals surface area (Å²) in [6.45, 7) is 4.96. The Labute approximate surface area is 132 Å². The zero-order valence-corrected chi connectivity index (χ0v) is 12.7. The number of nitrogens with zero attached hydrogens (tertiary/aromatic N) is 1. The first kappa shape index (κ1) is 16.4. The smallest absolute Gasteiger partial charge is 0.346 e. The van der Waals surface area contributed by atoms with Crippen molar-refractivity contribution in [3.05, 3.63) is 47.5 Å².